The summed E-state index contributed by atoms with van der Waals surface area (Å²) in [6, 6.07) is 8.77. The lowest BCUT2D eigenvalue weighted by Crippen LogP contribution is -2.41. The molecule has 3 N–H and O–H groups in total. The number of allylic oxidation sites excluding steroid dienone is 1. The molecule has 2 aromatic rings. The van der Waals surface area contributed by atoms with E-state index in [0.29, 0.717) is 10.6 Å². The van der Waals surface area contributed by atoms with Gasteiger partial charge in [-0.25, -0.2) is 4.79 Å². The van der Waals surface area contributed by atoms with Gasteiger partial charge in [0.15, 0.2) is 0 Å². The Morgan fingerprint density at radius 1 is 1.41 bits per heavy atom. The molecular weight excluding hydrogens is 416 g/mol. The van der Waals surface area contributed by atoms with Gasteiger partial charge in [-0.05, 0) is 11.6 Å². The summed E-state index contributed by atoms with van der Waals surface area (Å²) in [6.07, 6.45) is 1.02. The maximum absolute atomic E-state index is 12.8. The molecule has 0 fully saturated rings. The highest BCUT2D eigenvalue weighted by molar-refractivity contribution is 7.07. The summed E-state index contributed by atoms with van der Waals surface area (Å²) in [6.45, 7) is 0. The van der Waals surface area contributed by atoms with Crippen molar-refractivity contribution in [3.63, 3.8) is 0 Å². The average molecular weight is 431 g/mol. The number of nitriles is 1. The van der Waals surface area contributed by atoms with Crippen molar-refractivity contribution < 1.29 is 14.3 Å². The number of benzene rings is 1. The number of amides is 1. The van der Waals surface area contributed by atoms with Crippen molar-refractivity contribution in [1.82, 2.24) is 9.88 Å². The fraction of sp³-hybridized carbons (Fsp3) is 0.158. The molecule has 0 unspecified atom stereocenters. The number of nitrogens with two attached hydrogens (primary N) is 1. The lowest BCUT2D eigenvalue weighted by Gasteiger charge is -2.25. The van der Waals surface area contributed by atoms with Gasteiger partial charge < -0.3 is 15.8 Å². The SMILES string of the molecule is CNC(=O)C1=c2s/c(=C\C(=O)OC)c(=O)n2C(N)=C(C#N)[C@@H]1c1ccccc1Cl. The minimum atomic E-state index is -0.877. The summed E-state index contributed by atoms with van der Waals surface area (Å²) < 4.78 is 5.88. The van der Waals surface area contributed by atoms with Crippen molar-refractivity contribution in [2.75, 3.05) is 14.2 Å². The third-order valence-electron chi connectivity index (χ3n) is 4.41. The summed E-state index contributed by atoms with van der Waals surface area (Å²) in [5, 5.41) is 12.7. The van der Waals surface area contributed by atoms with Crippen molar-refractivity contribution >= 4 is 52.3 Å². The van der Waals surface area contributed by atoms with E-state index >= 15 is 0 Å². The summed E-state index contributed by atoms with van der Waals surface area (Å²) in [4.78, 5) is 37.3. The number of methoxy groups -OCH3 is 1. The van der Waals surface area contributed by atoms with Crippen LogP contribution in [0.25, 0.3) is 17.5 Å². The first-order valence-electron chi connectivity index (χ1n) is 8.28. The van der Waals surface area contributed by atoms with Gasteiger partial charge in [0.2, 0.25) is 0 Å². The molecule has 1 aliphatic rings. The fourth-order valence-electron chi connectivity index (χ4n) is 3.09. The zero-order valence-electron chi connectivity index (χ0n) is 15.4. The topological polar surface area (TPSA) is 127 Å². The molecule has 1 aromatic carbocycles. The van der Waals surface area contributed by atoms with Crippen LogP contribution in [-0.2, 0) is 14.3 Å². The van der Waals surface area contributed by atoms with E-state index in [0.717, 1.165) is 22.0 Å². The molecule has 8 nitrogen and oxygen atoms in total. The van der Waals surface area contributed by atoms with Crippen LogP contribution in [0.5, 0.6) is 0 Å². The number of hydrogen-bond donors (Lipinski definition) is 2. The normalized spacial score (nSPS) is 16.3. The first kappa shape index (κ1) is 20.4. The second kappa shape index (κ2) is 7.95. The molecule has 10 heteroatoms. The first-order valence-corrected chi connectivity index (χ1v) is 9.47. The van der Waals surface area contributed by atoms with Gasteiger partial charge in [-0.2, -0.15) is 5.26 Å². The number of halogens is 1. The third kappa shape index (κ3) is 3.33. The Morgan fingerprint density at radius 3 is 2.69 bits per heavy atom. The molecule has 3 rings (SSSR count). The van der Waals surface area contributed by atoms with Crippen molar-refractivity contribution in [3.8, 4) is 6.07 Å². The van der Waals surface area contributed by atoms with E-state index in [1.807, 2.05) is 6.07 Å². The molecule has 1 atom stereocenters. The van der Waals surface area contributed by atoms with Gasteiger partial charge in [-0.15, -0.1) is 11.3 Å². The molecule has 2 heterocycles. The van der Waals surface area contributed by atoms with Crippen LogP contribution in [0.2, 0.25) is 5.02 Å². The number of thiazole rings is 1. The van der Waals surface area contributed by atoms with Crippen molar-refractivity contribution in [2.45, 2.75) is 5.92 Å². The van der Waals surface area contributed by atoms with Crippen LogP contribution in [-0.4, -0.2) is 30.6 Å². The van der Waals surface area contributed by atoms with Gasteiger partial charge >= 0.3 is 5.97 Å². The molecule has 0 saturated carbocycles. The molecule has 0 spiro atoms. The maximum Gasteiger partial charge on any atom is 0.332 e. The molecule has 148 valence electrons. The Morgan fingerprint density at radius 2 is 2.10 bits per heavy atom. The smallest absolute Gasteiger partial charge is 0.332 e. The second-order valence-corrected chi connectivity index (χ2v) is 7.38. The van der Waals surface area contributed by atoms with E-state index in [-0.39, 0.29) is 26.2 Å². The Bertz CT molecular complexity index is 1280. The molecule has 1 amide bonds. The fourth-order valence-corrected chi connectivity index (χ4v) is 4.47. The van der Waals surface area contributed by atoms with Crippen LogP contribution >= 0.6 is 22.9 Å². The Hall–Kier alpha value is -3.35. The predicted molar refractivity (Wildman–Crippen MR) is 109 cm³/mol. The Balaban J connectivity index is 2.52. The van der Waals surface area contributed by atoms with Crippen LogP contribution in [0.3, 0.4) is 0 Å². The Kier molecular flexibility index (Phi) is 5.59. The van der Waals surface area contributed by atoms with E-state index < -0.39 is 23.4 Å². The van der Waals surface area contributed by atoms with E-state index in [1.165, 1.54) is 14.2 Å². The van der Waals surface area contributed by atoms with E-state index in [2.05, 4.69) is 10.1 Å². The molecular formula is C19H15ClN4O4S. The summed E-state index contributed by atoms with van der Waals surface area (Å²) >= 11 is 7.25. The summed E-state index contributed by atoms with van der Waals surface area (Å²) in [7, 11) is 2.62. The number of hydrogen-bond acceptors (Lipinski definition) is 7. The molecule has 0 bridgehead atoms. The Labute approximate surface area is 173 Å². The lowest BCUT2D eigenvalue weighted by molar-refractivity contribution is -0.133. The first-order chi connectivity index (χ1) is 13.8. The quantitative estimate of drug-likeness (QED) is 0.652. The number of ether oxygens (including phenoxy) is 1. The number of esters is 1. The number of nitrogens with zero attached hydrogens (tertiary/aromatic N) is 2. The van der Waals surface area contributed by atoms with Crippen LogP contribution in [0, 0.1) is 11.3 Å². The number of rotatable bonds is 3. The standard InChI is InChI=1S/C19H15ClN4O4S/c1-23-17(26)15-14(9-5-3-4-6-11(9)20)10(8-21)16(22)24-18(27)12(29-19(15)24)7-13(25)28-2/h3-7,14H,22H2,1-2H3,(H,23,26)/b12-7-/t14-/m0/s1. The van der Waals surface area contributed by atoms with E-state index in [4.69, 9.17) is 17.3 Å². The third-order valence-corrected chi connectivity index (χ3v) is 5.86. The number of aromatic nitrogens is 1. The van der Waals surface area contributed by atoms with Gasteiger partial charge in [0.05, 0.1) is 30.2 Å². The van der Waals surface area contributed by atoms with Crippen LogP contribution in [0.1, 0.15) is 11.5 Å². The van der Waals surface area contributed by atoms with Gasteiger partial charge in [-0.3, -0.25) is 14.2 Å². The minimum absolute atomic E-state index is 0.00807. The van der Waals surface area contributed by atoms with Crippen molar-refractivity contribution in [1.29, 1.82) is 5.26 Å². The summed E-state index contributed by atoms with van der Waals surface area (Å²) in [5.74, 6) is -2.23. The molecule has 0 saturated heterocycles. The van der Waals surface area contributed by atoms with Crippen LogP contribution < -0.4 is 25.8 Å². The van der Waals surface area contributed by atoms with E-state index in [1.54, 1.807) is 24.3 Å². The van der Waals surface area contributed by atoms with E-state index in [9.17, 15) is 19.6 Å². The number of nitrogens with one attached hydrogen (secondary N) is 1. The van der Waals surface area contributed by atoms with Crippen molar-refractivity contribution in [3.05, 3.63) is 60.0 Å². The summed E-state index contributed by atoms with van der Waals surface area (Å²) in [5.41, 5.74) is 6.19. The molecule has 0 radical (unpaired) electrons. The molecule has 0 aliphatic carbocycles. The zero-order chi connectivity index (χ0) is 21.3. The molecule has 29 heavy (non-hydrogen) atoms. The molecule has 1 aliphatic heterocycles. The molecule has 1 aromatic heterocycles. The average Bonchev–Trinajstić information content (AvgIpc) is 3.03. The number of carbonyl (C=O) groups is 2. The monoisotopic (exact) mass is 430 g/mol. The van der Waals surface area contributed by atoms with Crippen LogP contribution in [0.15, 0.2) is 34.6 Å². The zero-order valence-corrected chi connectivity index (χ0v) is 16.9. The van der Waals surface area contributed by atoms with Gasteiger partial charge in [0, 0.05) is 18.1 Å². The lowest BCUT2D eigenvalue weighted by atomic mass is 9.83. The highest BCUT2D eigenvalue weighted by atomic mass is 35.5. The largest absolute Gasteiger partial charge is 0.466 e. The van der Waals surface area contributed by atoms with Crippen LogP contribution in [0.4, 0.5) is 0 Å². The highest BCUT2D eigenvalue weighted by Crippen LogP contribution is 2.39. The number of fused-ring (bicyclic) bond motifs is 1. The maximum atomic E-state index is 12.8. The highest BCUT2D eigenvalue weighted by Gasteiger charge is 2.36. The van der Waals surface area contributed by atoms with Gasteiger partial charge in [0.25, 0.3) is 11.5 Å². The van der Waals surface area contributed by atoms with Gasteiger partial charge in [0.1, 0.15) is 15.0 Å². The van der Waals surface area contributed by atoms with Crippen molar-refractivity contribution in [2.24, 2.45) is 5.73 Å². The predicted octanol–water partition coefficient (Wildman–Crippen LogP) is -0.138. The van der Waals surface area contributed by atoms with Gasteiger partial charge in [-0.1, -0.05) is 29.8 Å². The minimum Gasteiger partial charge on any atom is -0.466 e. The number of carbonyl (C=O) groups excluding carboxylic acids is 2. The second-order valence-electron chi connectivity index (χ2n) is 5.94.